The Morgan fingerprint density at radius 2 is 1.88 bits per heavy atom. The summed E-state index contributed by atoms with van der Waals surface area (Å²) < 4.78 is 18.6. The Labute approximate surface area is 101 Å². The predicted octanol–water partition coefficient (Wildman–Crippen LogP) is 3.71. The van der Waals surface area contributed by atoms with Crippen molar-refractivity contribution in [2.75, 3.05) is 0 Å². The van der Waals surface area contributed by atoms with E-state index in [1.54, 1.807) is 6.07 Å². The van der Waals surface area contributed by atoms with Gasteiger partial charge >= 0.3 is 0 Å². The van der Waals surface area contributed by atoms with E-state index in [4.69, 9.17) is 27.9 Å². The van der Waals surface area contributed by atoms with Crippen LogP contribution >= 0.6 is 23.2 Å². The highest BCUT2D eigenvalue weighted by molar-refractivity contribution is 6.30. The second-order valence-corrected chi connectivity index (χ2v) is 3.64. The van der Waals surface area contributed by atoms with E-state index < -0.39 is 5.82 Å². The van der Waals surface area contributed by atoms with E-state index in [0.717, 1.165) is 0 Å². The molecule has 0 N–H and O–H groups in total. The maximum absolute atomic E-state index is 13.4. The Morgan fingerprint density at radius 1 is 1.06 bits per heavy atom. The lowest BCUT2D eigenvalue weighted by atomic mass is 10.3. The Bertz CT molecular complexity index is 505. The molecule has 2 rings (SSSR count). The third kappa shape index (κ3) is 2.40. The number of nitrogens with zero attached hydrogens (tertiary/aromatic N) is 2. The lowest BCUT2D eigenvalue weighted by Gasteiger charge is -2.05. The minimum absolute atomic E-state index is 0.0101. The molecule has 2 aromatic rings. The molecule has 0 fully saturated rings. The second-order valence-electron chi connectivity index (χ2n) is 2.85. The Hall–Kier alpha value is -1.39. The third-order valence-electron chi connectivity index (χ3n) is 1.74. The SMILES string of the molecule is Fc1c(Cl)cccc1Oc1ccc(Cl)nn1. The van der Waals surface area contributed by atoms with Gasteiger partial charge in [0.1, 0.15) is 0 Å². The van der Waals surface area contributed by atoms with Crippen molar-refractivity contribution >= 4 is 23.2 Å². The molecule has 0 radical (unpaired) electrons. The lowest BCUT2D eigenvalue weighted by molar-refractivity contribution is 0.422. The predicted molar refractivity (Wildman–Crippen MR) is 58.5 cm³/mol. The summed E-state index contributed by atoms with van der Waals surface area (Å²) in [6.07, 6.45) is 0. The fourth-order valence-corrected chi connectivity index (χ4v) is 1.30. The van der Waals surface area contributed by atoms with Crippen molar-refractivity contribution in [1.82, 2.24) is 10.2 Å². The van der Waals surface area contributed by atoms with Crippen LogP contribution in [-0.4, -0.2) is 10.2 Å². The molecule has 1 aromatic heterocycles. The summed E-state index contributed by atoms with van der Waals surface area (Å²) in [6, 6.07) is 7.42. The van der Waals surface area contributed by atoms with Crippen molar-refractivity contribution in [3.05, 3.63) is 46.3 Å². The molecule has 1 heterocycles. The number of ether oxygens (including phenoxy) is 1. The Morgan fingerprint density at radius 3 is 2.56 bits per heavy atom. The number of hydrogen-bond acceptors (Lipinski definition) is 3. The zero-order valence-electron chi connectivity index (χ0n) is 7.82. The molecule has 0 saturated carbocycles. The van der Waals surface area contributed by atoms with Crippen LogP contribution in [0, 0.1) is 5.82 Å². The first kappa shape index (κ1) is 11.1. The van der Waals surface area contributed by atoms with E-state index in [1.807, 2.05) is 0 Å². The summed E-state index contributed by atoms with van der Waals surface area (Å²) >= 11 is 11.1. The van der Waals surface area contributed by atoms with Gasteiger partial charge in [-0.15, -0.1) is 10.2 Å². The highest BCUT2D eigenvalue weighted by Crippen LogP contribution is 2.27. The van der Waals surface area contributed by atoms with Crippen LogP contribution in [0.2, 0.25) is 10.2 Å². The summed E-state index contributed by atoms with van der Waals surface area (Å²) in [7, 11) is 0. The van der Waals surface area contributed by atoms with Crippen molar-refractivity contribution in [1.29, 1.82) is 0 Å². The molecule has 1 aromatic carbocycles. The van der Waals surface area contributed by atoms with Gasteiger partial charge in [0.2, 0.25) is 5.88 Å². The highest BCUT2D eigenvalue weighted by atomic mass is 35.5. The van der Waals surface area contributed by atoms with Crippen LogP contribution in [0.3, 0.4) is 0 Å². The van der Waals surface area contributed by atoms with Gasteiger partial charge in [-0.2, -0.15) is 0 Å². The molecule has 16 heavy (non-hydrogen) atoms. The summed E-state index contributed by atoms with van der Waals surface area (Å²) in [5, 5.41) is 7.41. The van der Waals surface area contributed by atoms with Crippen LogP contribution < -0.4 is 4.74 Å². The number of hydrogen-bond donors (Lipinski definition) is 0. The molecular formula is C10H5Cl2FN2O. The minimum Gasteiger partial charge on any atom is -0.434 e. The molecule has 0 spiro atoms. The van der Waals surface area contributed by atoms with Gasteiger partial charge in [-0.3, -0.25) is 0 Å². The van der Waals surface area contributed by atoms with E-state index in [-0.39, 0.29) is 21.8 Å². The van der Waals surface area contributed by atoms with E-state index in [0.29, 0.717) is 0 Å². The van der Waals surface area contributed by atoms with Crippen LogP contribution in [0.5, 0.6) is 11.6 Å². The molecule has 0 aliphatic rings. The molecule has 0 bridgehead atoms. The van der Waals surface area contributed by atoms with Crippen molar-refractivity contribution in [3.63, 3.8) is 0 Å². The molecule has 6 heteroatoms. The summed E-state index contributed by atoms with van der Waals surface area (Å²) in [4.78, 5) is 0. The molecule has 0 atom stereocenters. The van der Waals surface area contributed by atoms with E-state index >= 15 is 0 Å². The van der Waals surface area contributed by atoms with Crippen LogP contribution in [-0.2, 0) is 0 Å². The number of halogens is 3. The van der Waals surface area contributed by atoms with Crippen LogP contribution in [0.1, 0.15) is 0 Å². The van der Waals surface area contributed by atoms with E-state index in [1.165, 1.54) is 24.3 Å². The quantitative estimate of drug-likeness (QED) is 0.824. The van der Waals surface area contributed by atoms with Gasteiger partial charge in [-0.1, -0.05) is 29.3 Å². The second kappa shape index (κ2) is 4.63. The average molecular weight is 259 g/mol. The maximum atomic E-state index is 13.4. The molecule has 0 aliphatic heterocycles. The normalized spacial score (nSPS) is 10.2. The third-order valence-corrected chi connectivity index (χ3v) is 2.23. The minimum atomic E-state index is -0.638. The van der Waals surface area contributed by atoms with Gasteiger partial charge in [0.15, 0.2) is 16.7 Å². The number of benzene rings is 1. The Kier molecular flexibility index (Phi) is 3.22. The topological polar surface area (TPSA) is 35.0 Å². The molecule has 0 saturated heterocycles. The van der Waals surface area contributed by atoms with Gasteiger partial charge in [-0.05, 0) is 18.2 Å². The molecule has 0 amide bonds. The van der Waals surface area contributed by atoms with Crippen molar-refractivity contribution < 1.29 is 9.13 Å². The van der Waals surface area contributed by atoms with Crippen molar-refractivity contribution in [2.24, 2.45) is 0 Å². The zero-order chi connectivity index (χ0) is 11.5. The monoisotopic (exact) mass is 258 g/mol. The van der Waals surface area contributed by atoms with E-state index in [2.05, 4.69) is 10.2 Å². The lowest BCUT2D eigenvalue weighted by Crippen LogP contribution is -1.92. The molecule has 0 aliphatic carbocycles. The van der Waals surface area contributed by atoms with Gasteiger partial charge in [-0.25, -0.2) is 4.39 Å². The molecule has 82 valence electrons. The summed E-state index contributed by atoms with van der Waals surface area (Å²) in [5.41, 5.74) is 0. The van der Waals surface area contributed by atoms with Crippen molar-refractivity contribution in [2.45, 2.75) is 0 Å². The van der Waals surface area contributed by atoms with Gasteiger partial charge in [0.05, 0.1) is 5.02 Å². The van der Waals surface area contributed by atoms with Crippen LogP contribution in [0.25, 0.3) is 0 Å². The van der Waals surface area contributed by atoms with Gasteiger partial charge in [0.25, 0.3) is 0 Å². The molecular weight excluding hydrogens is 254 g/mol. The fraction of sp³-hybridized carbons (Fsp3) is 0. The average Bonchev–Trinajstić information content (AvgIpc) is 2.28. The summed E-state index contributed by atoms with van der Waals surface area (Å²) in [5.74, 6) is -0.504. The first-order chi connectivity index (χ1) is 7.66. The largest absolute Gasteiger partial charge is 0.434 e. The van der Waals surface area contributed by atoms with Crippen molar-refractivity contribution in [3.8, 4) is 11.6 Å². The maximum Gasteiger partial charge on any atom is 0.239 e. The highest BCUT2D eigenvalue weighted by Gasteiger charge is 2.08. The fourth-order valence-electron chi connectivity index (χ4n) is 1.03. The van der Waals surface area contributed by atoms with E-state index in [9.17, 15) is 4.39 Å². The Balaban J connectivity index is 2.27. The number of rotatable bonds is 2. The molecule has 0 unspecified atom stereocenters. The standard InChI is InChI=1S/C10H5Cl2FN2O/c11-6-2-1-3-7(10(6)13)16-9-5-4-8(12)14-15-9/h1-5H. The van der Waals surface area contributed by atoms with Crippen LogP contribution in [0.4, 0.5) is 4.39 Å². The first-order valence-electron chi connectivity index (χ1n) is 4.28. The summed E-state index contributed by atoms with van der Waals surface area (Å²) in [6.45, 7) is 0. The smallest absolute Gasteiger partial charge is 0.239 e. The first-order valence-corrected chi connectivity index (χ1v) is 5.03. The zero-order valence-corrected chi connectivity index (χ0v) is 9.34. The van der Waals surface area contributed by atoms with Gasteiger partial charge in [0, 0.05) is 6.07 Å². The number of aromatic nitrogens is 2. The van der Waals surface area contributed by atoms with Crippen LogP contribution in [0.15, 0.2) is 30.3 Å². The van der Waals surface area contributed by atoms with Gasteiger partial charge < -0.3 is 4.74 Å². The molecule has 3 nitrogen and oxygen atoms in total.